The fraction of sp³-hybridized carbons (Fsp3) is 0.241. The van der Waals surface area contributed by atoms with Crippen molar-refractivity contribution in [2.75, 3.05) is 14.2 Å². The summed E-state index contributed by atoms with van der Waals surface area (Å²) in [6.07, 6.45) is 3.64. The number of fused-ring (bicyclic) bond motifs is 1. The first-order chi connectivity index (χ1) is 18.1. The predicted molar refractivity (Wildman–Crippen MR) is 141 cm³/mol. The fourth-order valence-corrected chi connectivity index (χ4v) is 5.42. The molecule has 198 valence electrons. The lowest BCUT2D eigenvalue weighted by atomic mass is 9.94. The molecule has 0 saturated carbocycles. The van der Waals surface area contributed by atoms with Gasteiger partial charge in [0.25, 0.3) is 0 Å². The van der Waals surface area contributed by atoms with Gasteiger partial charge in [-0.2, -0.15) is 8.42 Å². The van der Waals surface area contributed by atoms with E-state index in [0.29, 0.717) is 33.6 Å². The van der Waals surface area contributed by atoms with Crippen LogP contribution in [0, 0.1) is 20.8 Å². The monoisotopic (exact) mass is 536 g/mol. The van der Waals surface area contributed by atoms with E-state index in [1.807, 2.05) is 19.9 Å². The Morgan fingerprint density at radius 1 is 1.03 bits per heavy atom. The molecule has 0 radical (unpaired) electrons. The van der Waals surface area contributed by atoms with Crippen molar-refractivity contribution < 1.29 is 36.4 Å². The second-order valence-electron chi connectivity index (χ2n) is 8.88. The minimum Gasteiger partial charge on any atom is -0.496 e. The van der Waals surface area contributed by atoms with Gasteiger partial charge in [-0.25, -0.2) is 9.59 Å². The Morgan fingerprint density at radius 3 is 2.39 bits per heavy atom. The number of rotatable bonds is 8. The lowest BCUT2D eigenvalue weighted by Gasteiger charge is -2.19. The van der Waals surface area contributed by atoms with Gasteiger partial charge < -0.3 is 18.4 Å². The van der Waals surface area contributed by atoms with Crippen LogP contribution in [-0.2, 0) is 32.6 Å². The minimum atomic E-state index is -4.29. The van der Waals surface area contributed by atoms with Gasteiger partial charge in [0.15, 0.2) is 5.75 Å². The Labute approximate surface area is 221 Å². The van der Waals surface area contributed by atoms with Gasteiger partial charge in [-0.1, -0.05) is 42.0 Å². The third-order valence-corrected chi connectivity index (χ3v) is 7.70. The number of esters is 2. The van der Waals surface area contributed by atoms with Gasteiger partial charge in [0, 0.05) is 11.1 Å². The zero-order chi connectivity index (χ0) is 27.6. The molecular weight excluding hydrogens is 508 g/mol. The second kappa shape index (κ2) is 10.7. The summed E-state index contributed by atoms with van der Waals surface area (Å²) in [4.78, 5) is 25.0. The molecule has 1 aliphatic heterocycles. The molecule has 0 saturated heterocycles. The maximum Gasteiger partial charge on any atom is 0.342 e. The molecule has 0 atom stereocenters. The van der Waals surface area contributed by atoms with Gasteiger partial charge >= 0.3 is 22.1 Å². The van der Waals surface area contributed by atoms with E-state index in [-0.39, 0.29) is 29.2 Å². The van der Waals surface area contributed by atoms with Crippen molar-refractivity contribution in [1.29, 1.82) is 0 Å². The molecule has 0 unspecified atom stereocenters. The molecule has 1 heterocycles. The topological polar surface area (TPSA) is 105 Å². The van der Waals surface area contributed by atoms with Crippen LogP contribution in [0.5, 0.6) is 11.5 Å². The average Bonchev–Trinajstić information content (AvgIpc) is 3.28. The van der Waals surface area contributed by atoms with Crippen molar-refractivity contribution in [3.05, 3.63) is 93.0 Å². The summed E-state index contributed by atoms with van der Waals surface area (Å²) in [6, 6.07) is 11.5. The molecule has 0 spiro atoms. The molecule has 0 aliphatic carbocycles. The van der Waals surface area contributed by atoms with Gasteiger partial charge in [-0.15, -0.1) is 0 Å². The SMILES string of the molecule is COC(=O)c1cccc(C)c1/C=C/Cc1c(OC)c(C)c2c(c1OS(=O)(=O)c1ccc(C)cc1)C(=O)OC2. The van der Waals surface area contributed by atoms with E-state index in [1.165, 1.54) is 26.4 Å². The predicted octanol–water partition coefficient (Wildman–Crippen LogP) is 5.10. The summed E-state index contributed by atoms with van der Waals surface area (Å²) in [5.41, 5.74) is 4.38. The quantitative estimate of drug-likeness (QED) is 0.289. The van der Waals surface area contributed by atoms with Crippen LogP contribution in [0.15, 0.2) is 53.4 Å². The van der Waals surface area contributed by atoms with E-state index in [2.05, 4.69) is 0 Å². The number of allylic oxidation sites excluding steroid dienone is 1. The Morgan fingerprint density at radius 2 is 1.74 bits per heavy atom. The van der Waals surface area contributed by atoms with Gasteiger partial charge in [-0.05, 0) is 62.1 Å². The van der Waals surface area contributed by atoms with Gasteiger partial charge in [0.1, 0.15) is 22.8 Å². The molecule has 0 fully saturated rings. The molecule has 0 N–H and O–H groups in total. The molecular formula is C29H28O8S. The molecule has 4 rings (SSSR count). The van der Waals surface area contributed by atoms with E-state index in [4.69, 9.17) is 18.4 Å². The maximum absolute atomic E-state index is 13.3. The average molecular weight is 537 g/mol. The lowest BCUT2D eigenvalue weighted by Crippen LogP contribution is -2.15. The number of carbonyl (C=O) groups is 2. The summed E-state index contributed by atoms with van der Waals surface area (Å²) >= 11 is 0. The van der Waals surface area contributed by atoms with E-state index in [0.717, 1.165) is 11.1 Å². The smallest absolute Gasteiger partial charge is 0.342 e. The molecule has 38 heavy (non-hydrogen) atoms. The van der Waals surface area contributed by atoms with Crippen molar-refractivity contribution in [3.63, 3.8) is 0 Å². The molecule has 0 bridgehead atoms. The summed E-state index contributed by atoms with van der Waals surface area (Å²) in [5, 5.41) is 0. The first-order valence-corrected chi connectivity index (χ1v) is 13.2. The van der Waals surface area contributed by atoms with Gasteiger partial charge in [0.05, 0.1) is 19.8 Å². The van der Waals surface area contributed by atoms with Crippen LogP contribution in [0.3, 0.4) is 0 Å². The highest BCUT2D eigenvalue weighted by Gasteiger charge is 2.35. The van der Waals surface area contributed by atoms with Crippen molar-refractivity contribution in [2.24, 2.45) is 0 Å². The number of hydrogen-bond acceptors (Lipinski definition) is 8. The fourth-order valence-electron chi connectivity index (χ4n) is 4.45. The number of ether oxygens (including phenoxy) is 3. The van der Waals surface area contributed by atoms with Gasteiger partial charge in [0.2, 0.25) is 0 Å². The largest absolute Gasteiger partial charge is 0.496 e. The van der Waals surface area contributed by atoms with Crippen LogP contribution in [0.4, 0.5) is 0 Å². The zero-order valence-electron chi connectivity index (χ0n) is 21.8. The standard InChI is InChI=1S/C29H28O8S/c1-17-12-14-20(15-13-17)38(32,33)37-27-23(26(34-4)19(3)24-16-36-29(31)25(24)27)11-7-9-21-18(2)8-6-10-22(21)28(30)35-5/h6-10,12-15H,11,16H2,1-5H3/b9-7+. The van der Waals surface area contributed by atoms with E-state index in [9.17, 15) is 18.0 Å². The summed E-state index contributed by atoms with van der Waals surface area (Å²) in [5.74, 6) is -0.890. The normalized spacial score (nSPS) is 12.8. The van der Waals surface area contributed by atoms with Crippen molar-refractivity contribution in [3.8, 4) is 11.5 Å². The minimum absolute atomic E-state index is 0.0148. The highest BCUT2D eigenvalue weighted by atomic mass is 32.2. The Bertz CT molecular complexity index is 1550. The lowest BCUT2D eigenvalue weighted by molar-refractivity contribution is 0.0532. The second-order valence-corrected chi connectivity index (χ2v) is 10.4. The highest BCUT2D eigenvalue weighted by Crippen LogP contribution is 2.44. The zero-order valence-corrected chi connectivity index (χ0v) is 22.6. The van der Waals surface area contributed by atoms with Crippen LogP contribution in [-0.4, -0.2) is 34.6 Å². The Kier molecular flexibility index (Phi) is 7.59. The van der Waals surface area contributed by atoms with Crippen LogP contribution in [0.25, 0.3) is 6.08 Å². The molecule has 0 aromatic heterocycles. The third kappa shape index (κ3) is 5.02. The van der Waals surface area contributed by atoms with E-state index >= 15 is 0 Å². The van der Waals surface area contributed by atoms with Crippen LogP contribution in [0.2, 0.25) is 0 Å². The molecule has 8 nitrogen and oxygen atoms in total. The molecule has 3 aromatic rings. The first kappa shape index (κ1) is 26.9. The number of methoxy groups -OCH3 is 2. The summed E-state index contributed by atoms with van der Waals surface area (Å²) in [7, 11) is -1.51. The molecule has 3 aromatic carbocycles. The highest BCUT2D eigenvalue weighted by molar-refractivity contribution is 7.87. The summed E-state index contributed by atoms with van der Waals surface area (Å²) in [6.45, 7) is 5.47. The van der Waals surface area contributed by atoms with Crippen LogP contribution >= 0.6 is 0 Å². The van der Waals surface area contributed by atoms with Crippen molar-refractivity contribution in [2.45, 2.75) is 38.7 Å². The van der Waals surface area contributed by atoms with E-state index in [1.54, 1.807) is 43.3 Å². The number of hydrogen-bond donors (Lipinski definition) is 0. The molecule has 0 amide bonds. The molecule has 1 aliphatic rings. The van der Waals surface area contributed by atoms with Crippen molar-refractivity contribution >= 4 is 28.1 Å². The van der Waals surface area contributed by atoms with Crippen LogP contribution in [0.1, 0.15) is 54.1 Å². The summed E-state index contributed by atoms with van der Waals surface area (Å²) < 4.78 is 48.0. The Balaban J connectivity index is 1.84. The third-order valence-electron chi connectivity index (χ3n) is 6.46. The maximum atomic E-state index is 13.3. The van der Waals surface area contributed by atoms with E-state index < -0.39 is 22.1 Å². The number of aryl methyl sites for hydroxylation is 2. The van der Waals surface area contributed by atoms with Gasteiger partial charge in [-0.3, -0.25) is 0 Å². The first-order valence-electron chi connectivity index (χ1n) is 11.8. The number of benzene rings is 3. The van der Waals surface area contributed by atoms with Crippen LogP contribution < -0.4 is 8.92 Å². The number of carbonyl (C=O) groups excluding carboxylic acids is 2. The number of cyclic esters (lactones) is 1. The molecule has 9 heteroatoms. The Hall–Kier alpha value is -4.11. The van der Waals surface area contributed by atoms with Crippen molar-refractivity contribution in [1.82, 2.24) is 0 Å².